The zero-order valence-corrected chi connectivity index (χ0v) is 9.81. The molecule has 3 nitrogen and oxygen atoms in total. The lowest BCUT2D eigenvalue weighted by atomic mass is 10.3. The van der Waals surface area contributed by atoms with Crippen LogP contribution >= 0.6 is 15.9 Å². The molecule has 0 unspecified atom stereocenters. The fourth-order valence-electron chi connectivity index (χ4n) is 1.46. The van der Waals surface area contributed by atoms with Gasteiger partial charge in [-0.1, -0.05) is 0 Å². The monoisotopic (exact) mass is 265 g/mol. The third-order valence-electron chi connectivity index (χ3n) is 2.25. The van der Waals surface area contributed by atoms with Crippen LogP contribution in [-0.2, 0) is 13.1 Å². The van der Waals surface area contributed by atoms with Crippen molar-refractivity contribution in [2.45, 2.75) is 13.1 Å². The molecule has 0 radical (unpaired) electrons. The topological polar surface area (TPSA) is 43.8 Å². The van der Waals surface area contributed by atoms with Gasteiger partial charge in [0.2, 0.25) is 0 Å². The summed E-state index contributed by atoms with van der Waals surface area (Å²) >= 11 is 3.36. The van der Waals surface area contributed by atoms with E-state index in [0.717, 1.165) is 22.4 Å². The highest BCUT2D eigenvalue weighted by Gasteiger charge is 2.00. The van der Waals surface area contributed by atoms with Crippen molar-refractivity contribution in [3.05, 3.63) is 52.5 Å². The number of hydrogen-bond donors (Lipinski definition) is 1. The number of nitrogens with zero attached hydrogens (tertiary/aromatic N) is 2. The zero-order valence-electron chi connectivity index (χ0n) is 8.23. The molecule has 0 saturated heterocycles. The van der Waals surface area contributed by atoms with E-state index in [0.29, 0.717) is 6.54 Å². The average molecular weight is 266 g/mol. The van der Waals surface area contributed by atoms with Gasteiger partial charge in [-0.25, -0.2) is 0 Å². The van der Waals surface area contributed by atoms with Crippen molar-refractivity contribution in [2.24, 2.45) is 5.73 Å². The van der Waals surface area contributed by atoms with E-state index < -0.39 is 0 Å². The van der Waals surface area contributed by atoms with Crippen LogP contribution in [0.1, 0.15) is 11.4 Å². The van der Waals surface area contributed by atoms with Crippen LogP contribution in [0.4, 0.5) is 0 Å². The molecule has 0 spiro atoms. The molecule has 2 aromatic heterocycles. The van der Waals surface area contributed by atoms with Crippen molar-refractivity contribution < 1.29 is 0 Å². The largest absolute Gasteiger partial charge is 0.344 e. The molecule has 0 saturated carbocycles. The van der Waals surface area contributed by atoms with Gasteiger partial charge in [-0.15, -0.1) is 0 Å². The Labute approximate surface area is 97.1 Å². The minimum absolute atomic E-state index is 0.559. The fourth-order valence-corrected chi connectivity index (χ4v) is 1.70. The predicted molar refractivity (Wildman–Crippen MR) is 63.4 cm³/mol. The Balaban J connectivity index is 2.18. The number of pyridine rings is 1. The van der Waals surface area contributed by atoms with E-state index in [-0.39, 0.29) is 0 Å². The molecule has 78 valence electrons. The summed E-state index contributed by atoms with van der Waals surface area (Å²) in [5.41, 5.74) is 7.78. The average Bonchev–Trinajstić information content (AvgIpc) is 2.69. The lowest BCUT2D eigenvalue weighted by molar-refractivity contribution is 0.727. The summed E-state index contributed by atoms with van der Waals surface area (Å²) in [5.74, 6) is 0. The molecule has 0 fully saturated rings. The number of nitrogens with two attached hydrogens (primary N) is 1. The van der Waals surface area contributed by atoms with Gasteiger partial charge in [0, 0.05) is 29.1 Å². The van der Waals surface area contributed by atoms with Crippen molar-refractivity contribution in [3.8, 4) is 0 Å². The molecule has 0 atom stereocenters. The maximum Gasteiger partial charge on any atom is 0.0645 e. The molecule has 15 heavy (non-hydrogen) atoms. The highest BCUT2D eigenvalue weighted by molar-refractivity contribution is 9.10. The van der Waals surface area contributed by atoms with Crippen LogP contribution in [0.5, 0.6) is 0 Å². The second-order valence-corrected chi connectivity index (χ2v) is 4.21. The third kappa shape index (κ3) is 2.46. The predicted octanol–water partition coefficient (Wildman–Crippen LogP) is 2.15. The summed E-state index contributed by atoms with van der Waals surface area (Å²) < 4.78 is 3.11. The Morgan fingerprint density at radius 1 is 1.33 bits per heavy atom. The highest BCUT2D eigenvalue weighted by Crippen LogP contribution is 2.10. The van der Waals surface area contributed by atoms with E-state index in [1.54, 1.807) is 6.20 Å². The second kappa shape index (κ2) is 4.59. The first kappa shape index (κ1) is 10.4. The Morgan fingerprint density at radius 3 is 2.87 bits per heavy atom. The normalized spacial score (nSPS) is 10.5. The molecule has 2 rings (SSSR count). The minimum atomic E-state index is 0.559. The van der Waals surface area contributed by atoms with Crippen LogP contribution in [-0.4, -0.2) is 9.55 Å². The van der Waals surface area contributed by atoms with E-state index in [9.17, 15) is 0 Å². The van der Waals surface area contributed by atoms with Gasteiger partial charge >= 0.3 is 0 Å². The Hall–Kier alpha value is -1.13. The third-order valence-corrected chi connectivity index (χ3v) is 2.72. The molecule has 0 amide bonds. The summed E-state index contributed by atoms with van der Waals surface area (Å²) in [6, 6.07) is 8.03. The summed E-state index contributed by atoms with van der Waals surface area (Å²) in [6.45, 7) is 1.33. The summed E-state index contributed by atoms with van der Waals surface area (Å²) in [6.07, 6.45) is 3.83. The second-order valence-electron chi connectivity index (χ2n) is 3.30. The van der Waals surface area contributed by atoms with Gasteiger partial charge < -0.3 is 10.3 Å². The molecule has 2 aromatic rings. The Bertz CT molecular complexity index is 433. The van der Waals surface area contributed by atoms with Crippen LogP contribution < -0.4 is 5.73 Å². The number of rotatable bonds is 3. The van der Waals surface area contributed by atoms with Gasteiger partial charge in [-0.05, 0) is 40.2 Å². The van der Waals surface area contributed by atoms with Gasteiger partial charge in [0.15, 0.2) is 0 Å². The van der Waals surface area contributed by atoms with Gasteiger partial charge in [-0.2, -0.15) is 0 Å². The van der Waals surface area contributed by atoms with E-state index >= 15 is 0 Å². The molecule has 0 aliphatic heterocycles. The number of halogens is 1. The van der Waals surface area contributed by atoms with Crippen molar-refractivity contribution in [3.63, 3.8) is 0 Å². The molecule has 2 heterocycles. The first-order valence-electron chi connectivity index (χ1n) is 4.74. The molecule has 0 aliphatic rings. The van der Waals surface area contributed by atoms with Gasteiger partial charge in [0.05, 0.1) is 12.2 Å². The van der Waals surface area contributed by atoms with Gasteiger partial charge in [0.25, 0.3) is 0 Å². The maximum atomic E-state index is 5.62. The number of aromatic nitrogens is 2. The molecular formula is C11H12BrN3. The molecule has 4 heteroatoms. The zero-order chi connectivity index (χ0) is 10.7. The van der Waals surface area contributed by atoms with Crippen molar-refractivity contribution >= 4 is 15.9 Å². The smallest absolute Gasteiger partial charge is 0.0645 e. The standard InChI is InChI=1S/C11H12BrN3/c12-9-3-4-10(14-7-9)8-15-5-1-2-11(15)6-13/h1-5,7H,6,8,13H2. The Kier molecular flexibility index (Phi) is 3.18. The summed E-state index contributed by atoms with van der Waals surface area (Å²) in [4.78, 5) is 4.32. The van der Waals surface area contributed by atoms with Crippen LogP contribution in [0.15, 0.2) is 41.1 Å². The van der Waals surface area contributed by atoms with E-state index in [2.05, 4.69) is 25.5 Å². The molecule has 2 N–H and O–H groups in total. The van der Waals surface area contributed by atoms with Crippen molar-refractivity contribution in [1.29, 1.82) is 0 Å². The molecule has 0 aliphatic carbocycles. The van der Waals surface area contributed by atoms with E-state index in [1.165, 1.54) is 0 Å². The van der Waals surface area contributed by atoms with Gasteiger partial charge in [0.1, 0.15) is 0 Å². The fraction of sp³-hybridized carbons (Fsp3) is 0.182. The first-order valence-corrected chi connectivity index (χ1v) is 5.53. The first-order chi connectivity index (χ1) is 7.29. The summed E-state index contributed by atoms with van der Waals surface area (Å²) in [7, 11) is 0. The molecular weight excluding hydrogens is 254 g/mol. The van der Waals surface area contributed by atoms with Crippen molar-refractivity contribution in [1.82, 2.24) is 9.55 Å². The molecule has 0 bridgehead atoms. The van der Waals surface area contributed by atoms with E-state index in [4.69, 9.17) is 5.73 Å². The summed E-state index contributed by atoms with van der Waals surface area (Å²) in [5, 5.41) is 0. The highest BCUT2D eigenvalue weighted by atomic mass is 79.9. The quantitative estimate of drug-likeness (QED) is 0.925. The van der Waals surface area contributed by atoms with E-state index in [1.807, 2.05) is 30.5 Å². The lowest BCUT2D eigenvalue weighted by Crippen LogP contribution is -2.08. The maximum absolute atomic E-state index is 5.62. The van der Waals surface area contributed by atoms with Crippen LogP contribution in [0, 0.1) is 0 Å². The molecule has 0 aromatic carbocycles. The lowest BCUT2D eigenvalue weighted by Gasteiger charge is -2.06. The SMILES string of the molecule is NCc1cccn1Cc1ccc(Br)cn1. The van der Waals surface area contributed by atoms with Crippen LogP contribution in [0.25, 0.3) is 0 Å². The van der Waals surface area contributed by atoms with Crippen LogP contribution in [0.3, 0.4) is 0 Å². The van der Waals surface area contributed by atoms with Crippen LogP contribution in [0.2, 0.25) is 0 Å². The Morgan fingerprint density at radius 2 is 2.20 bits per heavy atom. The van der Waals surface area contributed by atoms with Crippen molar-refractivity contribution in [2.75, 3.05) is 0 Å². The number of hydrogen-bond acceptors (Lipinski definition) is 2. The minimum Gasteiger partial charge on any atom is -0.344 e. The van der Waals surface area contributed by atoms with Gasteiger partial charge in [-0.3, -0.25) is 4.98 Å².